The summed E-state index contributed by atoms with van der Waals surface area (Å²) in [5.41, 5.74) is -1.32. The Bertz CT molecular complexity index is 1370. The van der Waals surface area contributed by atoms with Gasteiger partial charge in [-0.15, -0.1) is 26.3 Å². The minimum atomic E-state index is -1.28. The molecule has 0 aliphatic heterocycles. The van der Waals surface area contributed by atoms with Gasteiger partial charge in [-0.25, -0.2) is 48.3 Å². The van der Waals surface area contributed by atoms with Crippen LogP contribution in [0.3, 0.4) is 0 Å². The molecule has 0 saturated carbocycles. The van der Waals surface area contributed by atoms with Crippen molar-refractivity contribution in [2.75, 3.05) is 72.7 Å². The molecule has 0 aromatic carbocycles. The first-order valence-corrected chi connectivity index (χ1v) is 20.0. The molecule has 0 amide bonds. The van der Waals surface area contributed by atoms with Crippen LogP contribution in [0.25, 0.3) is 0 Å². The molecule has 0 radical (unpaired) electrons. The lowest BCUT2D eigenvalue weighted by molar-refractivity contribution is -0.325. The highest BCUT2D eigenvalue weighted by molar-refractivity contribution is 5.83. The van der Waals surface area contributed by atoms with Gasteiger partial charge in [0.15, 0.2) is 0 Å². The van der Waals surface area contributed by atoms with Crippen molar-refractivity contribution in [1.29, 1.82) is 0 Å². The summed E-state index contributed by atoms with van der Waals surface area (Å²) in [5, 5.41) is 18.7. The van der Waals surface area contributed by atoms with Crippen LogP contribution in [-0.2, 0) is 76.7 Å². The Morgan fingerprint density at radius 3 is 1.02 bits per heavy atom. The summed E-state index contributed by atoms with van der Waals surface area (Å²) in [6, 6.07) is 0. The first kappa shape index (κ1) is 66.3. The Hall–Kier alpha value is -6.28. The van der Waals surface area contributed by atoms with Crippen LogP contribution in [0.5, 0.6) is 0 Å². The molecule has 1 unspecified atom stereocenters. The van der Waals surface area contributed by atoms with E-state index in [0.29, 0.717) is 13.0 Å². The molecule has 0 aliphatic carbocycles. The van der Waals surface area contributed by atoms with E-state index in [4.69, 9.17) is 38.2 Å². The van der Waals surface area contributed by atoms with E-state index in [1.54, 1.807) is 13.0 Å². The van der Waals surface area contributed by atoms with Crippen LogP contribution in [0.4, 0.5) is 0 Å². The topological polar surface area (TPSA) is 235 Å². The van der Waals surface area contributed by atoms with E-state index in [9.17, 15) is 39.0 Å². The average Bonchev–Trinajstić information content (AvgIpc) is 3.34. The summed E-state index contributed by atoms with van der Waals surface area (Å²) in [6.07, 6.45) is 13.7. The van der Waals surface area contributed by atoms with E-state index in [0.717, 1.165) is 48.5 Å². The van der Waals surface area contributed by atoms with Gasteiger partial charge in [-0.2, -0.15) is 0 Å². The lowest BCUT2D eigenvalue weighted by atomic mass is 9.86. The number of allylic oxidation sites excluding steroid dienone is 3. The third-order valence-electron chi connectivity index (χ3n) is 8.14. The molecule has 0 fully saturated rings. The van der Waals surface area contributed by atoms with E-state index in [2.05, 4.69) is 89.1 Å². The minimum Gasteiger partial charge on any atom is -0.462 e. The monoisotopic (exact) mass is 934 g/mol. The Kier molecular flexibility index (Phi) is 41.6. The summed E-state index contributed by atoms with van der Waals surface area (Å²) < 4.78 is 29.4. The average molecular weight is 935 g/mol. The number of carbonyl (C=O) groups excluding carboxylic acids is 6. The van der Waals surface area contributed by atoms with Gasteiger partial charge >= 0.3 is 35.8 Å². The maximum absolute atomic E-state index is 11.2. The van der Waals surface area contributed by atoms with E-state index in [-0.39, 0.29) is 64.9 Å². The molecule has 0 aromatic rings. The van der Waals surface area contributed by atoms with E-state index in [1.165, 1.54) is 0 Å². The van der Waals surface area contributed by atoms with Gasteiger partial charge in [0.05, 0.1) is 17.4 Å². The predicted molar refractivity (Wildman–Crippen MR) is 247 cm³/mol. The van der Waals surface area contributed by atoms with Crippen molar-refractivity contribution in [3.63, 3.8) is 0 Å². The highest BCUT2D eigenvalue weighted by Crippen LogP contribution is 2.26. The summed E-state index contributed by atoms with van der Waals surface area (Å²) in [5.74, 6) is -4.01. The molecule has 0 rings (SSSR count). The number of hydrogen-bond acceptors (Lipinski definition) is 18. The summed E-state index contributed by atoms with van der Waals surface area (Å²) in [6.45, 7) is 42.3. The first-order valence-electron chi connectivity index (χ1n) is 20.0. The van der Waals surface area contributed by atoms with Crippen LogP contribution >= 0.6 is 0 Å². The fraction of sp³-hybridized carbons (Fsp3) is 0.417. The molecule has 1 atom stereocenters. The van der Waals surface area contributed by atoms with Gasteiger partial charge in [-0.1, -0.05) is 89.8 Å². The lowest BCUT2D eigenvalue weighted by Crippen LogP contribution is -2.42. The molecule has 0 saturated heterocycles. The highest BCUT2D eigenvalue weighted by atomic mass is 17.2. The summed E-state index contributed by atoms with van der Waals surface area (Å²) >= 11 is 0. The second-order valence-electron chi connectivity index (χ2n) is 13.5. The molecule has 0 bridgehead atoms. The molecule has 2 N–H and O–H groups in total. The fourth-order valence-corrected chi connectivity index (χ4v) is 3.61. The van der Waals surface area contributed by atoms with Gasteiger partial charge in [-0.05, 0) is 19.8 Å². The van der Waals surface area contributed by atoms with Crippen LogP contribution in [0, 0.1) is 16.2 Å². The lowest BCUT2D eigenvalue weighted by Gasteiger charge is -2.30. The first-order chi connectivity index (χ1) is 31.3. The maximum Gasteiger partial charge on any atom is 0.330 e. The zero-order valence-electron chi connectivity index (χ0n) is 38.7. The van der Waals surface area contributed by atoms with Gasteiger partial charge in [0.25, 0.3) is 0 Å². The zero-order chi connectivity index (χ0) is 51.5. The summed E-state index contributed by atoms with van der Waals surface area (Å²) in [7, 11) is 0. The summed E-state index contributed by atoms with van der Waals surface area (Å²) in [4.78, 5) is 85.5. The molecule has 18 nitrogen and oxygen atoms in total. The molecular weight excluding hydrogens is 865 g/mol. The third kappa shape index (κ3) is 35.1. The molecule has 0 aromatic heterocycles. The molecule has 66 heavy (non-hydrogen) atoms. The fourth-order valence-electron chi connectivity index (χ4n) is 3.61. The SMILES string of the molecule is C=CC(=O)OCC(CC)(COC(=O)C=C)COC(=O)C=C.C=CC(=O)OCC(CO)(COC(=O)C=C)COC(=O)C=C.C=CC(C=C)(C=C)CC.C=CCOOCC(O)COOCC(=C)C. The number of rotatable bonds is 34. The quantitative estimate of drug-likeness (QED) is 0.0150. The molecule has 0 spiro atoms. The van der Waals surface area contributed by atoms with Gasteiger partial charge in [0.1, 0.15) is 72.2 Å². The Morgan fingerprint density at radius 1 is 0.500 bits per heavy atom. The van der Waals surface area contributed by atoms with Gasteiger partial charge in [0.2, 0.25) is 0 Å². The maximum atomic E-state index is 11.2. The Morgan fingerprint density at radius 2 is 0.803 bits per heavy atom. The second kappa shape index (κ2) is 41.4. The zero-order valence-corrected chi connectivity index (χ0v) is 38.7. The largest absolute Gasteiger partial charge is 0.462 e. The van der Waals surface area contributed by atoms with Crippen LogP contribution in [-0.4, -0.2) is 125 Å². The number of ether oxygens (including phenoxy) is 6. The van der Waals surface area contributed by atoms with Crippen LogP contribution < -0.4 is 0 Å². The molecular formula is C48H70O18. The van der Waals surface area contributed by atoms with Crippen molar-refractivity contribution in [2.45, 2.75) is 39.7 Å². The van der Waals surface area contributed by atoms with Gasteiger partial charge in [0, 0.05) is 41.9 Å². The molecule has 18 heteroatoms. The third-order valence-corrected chi connectivity index (χ3v) is 8.14. The van der Waals surface area contributed by atoms with Gasteiger partial charge < -0.3 is 38.6 Å². The number of hydrogen-bond donors (Lipinski definition) is 2. The van der Waals surface area contributed by atoms with Crippen molar-refractivity contribution >= 4 is 35.8 Å². The number of carbonyl (C=O) groups is 6. The Labute approximate surface area is 389 Å². The predicted octanol–water partition coefficient (Wildman–Crippen LogP) is 5.67. The minimum absolute atomic E-state index is 0.0181. The van der Waals surface area contributed by atoms with Crippen molar-refractivity contribution < 1.29 is 87.0 Å². The molecule has 370 valence electrons. The van der Waals surface area contributed by atoms with E-state index >= 15 is 0 Å². The van der Waals surface area contributed by atoms with Crippen molar-refractivity contribution in [2.24, 2.45) is 16.2 Å². The standard InChI is InChI=1S/C15H20O6.C14H18O7.C10H18O5.C9H14/c1-5-12(16)19-9-15(8-4,10-20-13(17)6-2)11-21-14(18)7-3;1-4-11(16)19-8-14(7-15,9-20-12(17)5-2)10-21-13(18)6-3;1-4-5-12-14-7-10(11)8-15-13-6-9(2)3;1-5-9(6-2,7-3)8-4/h5-7H,1-3,8-11H2,4H3;4-6,15H,1-3,7-10H2;4,10-11H,1-2,5-8H2,3H3;5-7H,1-3,8H2,4H3. The number of aliphatic hydroxyl groups is 2. The van der Waals surface area contributed by atoms with Gasteiger partial charge in [-0.3, -0.25) is 0 Å². The van der Waals surface area contributed by atoms with Crippen molar-refractivity contribution in [3.8, 4) is 0 Å². The smallest absolute Gasteiger partial charge is 0.330 e. The van der Waals surface area contributed by atoms with E-state index in [1.807, 2.05) is 25.2 Å². The number of aliphatic hydroxyl groups excluding tert-OH is 2. The van der Waals surface area contributed by atoms with E-state index < -0.39 is 59.4 Å². The Balaban J connectivity index is -0.000000404. The second-order valence-corrected chi connectivity index (χ2v) is 13.5. The molecule has 0 aliphatic rings. The van der Waals surface area contributed by atoms with Crippen molar-refractivity contribution in [3.05, 3.63) is 139 Å². The van der Waals surface area contributed by atoms with Crippen LogP contribution in [0.1, 0.15) is 33.6 Å². The van der Waals surface area contributed by atoms with Crippen LogP contribution in [0.15, 0.2) is 139 Å². The van der Waals surface area contributed by atoms with Crippen LogP contribution in [0.2, 0.25) is 0 Å². The molecule has 0 heterocycles. The normalized spacial score (nSPS) is 10.7. The van der Waals surface area contributed by atoms with Crippen molar-refractivity contribution in [1.82, 2.24) is 0 Å². The highest BCUT2D eigenvalue weighted by Gasteiger charge is 2.35. The number of esters is 6.